The first-order valence-corrected chi connectivity index (χ1v) is 4.74. The Morgan fingerprint density at radius 1 is 1.38 bits per heavy atom. The van der Waals surface area contributed by atoms with E-state index in [1.807, 2.05) is 0 Å². The van der Waals surface area contributed by atoms with Gasteiger partial charge in [0, 0.05) is 17.0 Å². The Balaban J connectivity index is 2.56. The Labute approximate surface area is 86.0 Å². The molecule has 1 aliphatic heterocycles. The second-order valence-corrected chi connectivity index (χ2v) is 3.80. The van der Waals surface area contributed by atoms with Crippen molar-refractivity contribution in [1.82, 2.24) is 0 Å². The molecule has 0 bridgehead atoms. The van der Waals surface area contributed by atoms with Crippen LogP contribution < -0.4 is 4.74 Å². The number of aliphatic hydroxyl groups excluding tert-OH is 1. The molecule has 1 atom stereocenters. The Kier molecular flexibility index (Phi) is 2.37. The maximum atomic E-state index is 9.63. The quantitative estimate of drug-likeness (QED) is 0.726. The normalized spacial score (nSPS) is 20.7. The van der Waals surface area contributed by atoms with E-state index in [-0.39, 0.29) is 0 Å². The number of hydrogen-bond acceptors (Lipinski definition) is 2. The molecule has 1 N–H and O–H groups in total. The van der Waals surface area contributed by atoms with E-state index < -0.39 is 6.10 Å². The van der Waals surface area contributed by atoms with Gasteiger partial charge in [0.05, 0.1) is 17.7 Å². The van der Waals surface area contributed by atoms with Gasteiger partial charge in [0.15, 0.2) is 0 Å². The molecule has 0 radical (unpaired) electrons. The van der Waals surface area contributed by atoms with E-state index in [9.17, 15) is 5.11 Å². The van der Waals surface area contributed by atoms with Gasteiger partial charge in [-0.1, -0.05) is 23.2 Å². The maximum absolute atomic E-state index is 9.63. The van der Waals surface area contributed by atoms with Crippen molar-refractivity contribution in [2.75, 3.05) is 6.61 Å². The van der Waals surface area contributed by atoms with Crippen LogP contribution in [-0.2, 0) is 0 Å². The zero-order valence-corrected chi connectivity index (χ0v) is 8.27. The molecule has 0 saturated heterocycles. The van der Waals surface area contributed by atoms with E-state index in [0.717, 1.165) is 0 Å². The van der Waals surface area contributed by atoms with Crippen LogP contribution in [0.5, 0.6) is 5.75 Å². The van der Waals surface area contributed by atoms with Gasteiger partial charge < -0.3 is 9.84 Å². The second kappa shape index (κ2) is 3.37. The van der Waals surface area contributed by atoms with Gasteiger partial charge in [-0.25, -0.2) is 0 Å². The fraction of sp³-hybridized carbons (Fsp3) is 0.333. The molecule has 0 amide bonds. The first-order chi connectivity index (χ1) is 6.18. The van der Waals surface area contributed by atoms with Crippen molar-refractivity contribution in [2.24, 2.45) is 0 Å². The van der Waals surface area contributed by atoms with Gasteiger partial charge in [-0.05, 0) is 12.1 Å². The predicted molar refractivity (Wildman–Crippen MR) is 51.5 cm³/mol. The molecular weight excluding hydrogens is 211 g/mol. The highest BCUT2D eigenvalue weighted by atomic mass is 35.5. The summed E-state index contributed by atoms with van der Waals surface area (Å²) in [7, 11) is 0. The third kappa shape index (κ3) is 1.62. The SMILES string of the molecule is O[C@@H]1CCOc2cc(Cl)cc(Cl)c21. The van der Waals surface area contributed by atoms with E-state index in [0.29, 0.717) is 34.4 Å². The molecule has 0 saturated carbocycles. The first-order valence-electron chi connectivity index (χ1n) is 3.98. The van der Waals surface area contributed by atoms with E-state index in [1.54, 1.807) is 12.1 Å². The van der Waals surface area contributed by atoms with Gasteiger partial charge in [0.25, 0.3) is 0 Å². The number of benzene rings is 1. The molecule has 4 heteroatoms. The Hall–Kier alpha value is -0.440. The van der Waals surface area contributed by atoms with Crippen molar-refractivity contribution >= 4 is 23.2 Å². The van der Waals surface area contributed by atoms with Crippen LogP contribution in [-0.4, -0.2) is 11.7 Å². The third-order valence-corrected chi connectivity index (χ3v) is 2.57. The minimum absolute atomic E-state index is 0.467. The number of rotatable bonds is 0. The maximum Gasteiger partial charge on any atom is 0.128 e. The van der Waals surface area contributed by atoms with Crippen molar-refractivity contribution in [2.45, 2.75) is 12.5 Å². The highest BCUT2D eigenvalue weighted by Crippen LogP contribution is 2.39. The molecular formula is C9H8Cl2O2. The van der Waals surface area contributed by atoms with Crippen LogP contribution in [0, 0.1) is 0 Å². The average molecular weight is 219 g/mol. The van der Waals surface area contributed by atoms with Crippen molar-refractivity contribution in [1.29, 1.82) is 0 Å². The van der Waals surface area contributed by atoms with Gasteiger partial charge in [-0.2, -0.15) is 0 Å². The van der Waals surface area contributed by atoms with Crippen molar-refractivity contribution in [3.63, 3.8) is 0 Å². The highest BCUT2D eigenvalue weighted by Gasteiger charge is 2.22. The summed E-state index contributed by atoms with van der Waals surface area (Å²) in [5, 5.41) is 10.6. The lowest BCUT2D eigenvalue weighted by molar-refractivity contribution is 0.115. The Morgan fingerprint density at radius 3 is 2.92 bits per heavy atom. The van der Waals surface area contributed by atoms with Gasteiger partial charge in [0.2, 0.25) is 0 Å². The van der Waals surface area contributed by atoms with Crippen LogP contribution >= 0.6 is 23.2 Å². The van der Waals surface area contributed by atoms with Crippen LogP contribution in [0.4, 0.5) is 0 Å². The number of fused-ring (bicyclic) bond motifs is 1. The van der Waals surface area contributed by atoms with Crippen LogP contribution in [0.15, 0.2) is 12.1 Å². The smallest absolute Gasteiger partial charge is 0.128 e. The molecule has 0 fully saturated rings. The molecule has 1 heterocycles. The highest BCUT2D eigenvalue weighted by molar-refractivity contribution is 6.35. The largest absolute Gasteiger partial charge is 0.493 e. The summed E-state index contributed by atoms with van der Waals surface area (Å²) < 4.78 is 5.33. The topological polar surface area (TPSA) is 29.5 Å². The van der Waals surface area contributed by atoms with Crippen molar-refractivity contribution in [3.8, 4) is 5.75 Å². The molecule has 1 aromatic carbocycles. The zero-order chi connectivity index (χ0) is 9.42. The molecule has 0 aliphatic carbocycles. The fourth-order valence-electron chi connectivity index (χ4n) is 1.43. The summed E-state index contributed by atoms with van der Waals surface area (Å²) in [6.45, 7) is 0.505. The number of halogens is 2. The summed E-state index contributed by atoms with van der Waals surface area (Å²) in [5.41, 5.74) is 0.650. The monoisotopic (exact) mass is 218 g/mol. The summed E-state index contributed by atoms with van der Waals surface area (Å²) in [6, 6.07) is 3.28. The fourth-order valence-corrected chi connectivity index (χ4v) is 2.03. The van der Waals surface area contributed by atoms with Gasteiger partial charge in [-0.15, -0.1) is 0 Å². The van der Waals surface area contributed by atoms with Crippen LogP contribution in [0.2, 0.25) is 10.0 Å². The summed E-state index contributed by atoms with van der Waals surface area (Å²) in [5.74, 6) is 0.594. The predicted octanol–water partition coefficient (Wildman–Crippen LogP) is 2.81. The molecule has 0 unspecified atom stereocenters. The summed E-state index contributed by atoms with van der Waals surface area (Å²) in [4.78, 5) is 0. The van der Waals surface area contributed by atoms with Gasteiger partial charge in [0.1, 0.15) is 5.75 Å². The average Bonchev–Trinajstić information content (AvgIpc) is 2.02. The molecule has 0 spiro atoms. The molecule has 0 aromatic heterocycles. The Morgan fingerprint density at radius 2 is 2.15 bits per heavy atom. The molecule has 1 aromatic rings. The minimum Gasteiger partial charge on any atom is -0.493 e. The molecule has 70 valence electrons. The zero-order valence-electron chi connectivity index (χ0n) is 6.76. The lowest BCUT2D eigenvalue weighted by Crippen LogP contribution is -2.14. The molecule has 1 aliphatic rings. The van der Waals surface area contributed by atoms with Crippen molar-refractivity contribution < 1.29 is 9.84 Å². The summed E-state index contributed by atoms with van der Waals surface area (Å²) >= 11 is 11.7. The molecule has 2 nitrogen and oxygen atoms in total. The Bertz CT molecular complexity index is 339. The molecule has 13 heavy (non-hydrogen) atoms. The van der Waals surface area contributed by atoms with E-state index in [4.69, 9.17) is 27.9 Å². The minimum atomic E-state index is -0.534. The summed E-state index contributed by atoms with van der Waals surface area (Å²) in [6.07, 6.45) is 0.0439. The van der Waals surface area contributed by atoms with Gasteiger partial charge >= 0.3 is 0 Å². The second-order valence-electron chi connectivity index (χ2n) is 2.95. The standard InChI is InChI=1S/C9H8Cl2O2/c10-5-3-6(11)9-7(12)1-2-13-8(9)4-5/h3-4,7,12H,1-2H2/t7-/m1/s1. The van der Waals surface area contributed by atoms with Gasteiger partial charge in [-0.3, -0.25) is 0 Å². The van der Waals surface area contributed by atoms with E-state index in [1.165, 1.54) is 0 Å². The van der Waals surface area contributed by atoms with E-state index >= 15 is 0 Å². The number of ether oxygens (including phenoxy) is 1. The lowest BCUT2D eigenvalue weighted by atomic mass is 10.0. The lowest BCUT2D eigenvalue weighted by Gasteiger charge is -2.23. The van der Waals surface area contributed by atoms with Crippen LogP contribution in [0.1, 0.15) is 18.1 Å². The third-order valence-electron chi connectivity index (χ3n) is 2.04. The first kappa shape index (κ1) is 9.13. The number of aliphatic hydroxyl groups is 1. The van der Waals surface area contributed by atoms with Crippen LogP contribution in [0.25, 0.3) is 0 Å². The van der Waals surface area contributed by atoms with Crippen molar-refractivity contribution in [3.05, 3.63) is 27.7 Å². The van der Waals surface area contributed by atoms with Crippen LogP contribution in [0.3, 0.4) is 0 Å². The number of hydrogen-bond donors (Lipinski definition) is 1. The van der Waals surface area contributed by atoms with E-state index in [2.05, 4.69) is 0 Å². The molecule has 2 rings (SSSR count).